The largest absolute Gasteiger partial charge is 0.381 e. The molecule has 7 heterocycles. The van der Waals surface area contributed by atoms with Gasteiger partial charge in [-0.1, -0.05) is 18.2 Å². The first-order valence-electron chi connectivity index (χ1n) is 16.8. The van der Waals surface area contributed by atoms with Crippen LogP contribution in [0.1, 0.15) is 62.7 Å². The van der Waals surface area contributed by atoms with Crippen LogP contribution < -0.4 is 10.2 Å². The van der Waals surface area contributed by atoms with Gasteiger partial charge in [0, 0.05) is 92.9 Å². The second kappa shape index (κ2) is 11.8. The minimum absolute atomic E-state index is 0.111. The molecule has 8 rings (SSSR count). The molecule has 1 amide bonds. The minimum Gasteiger partial charge on any atom is -0.381 e. The van der Waals surface area contributed by atoms with E-state index in [-0.39, 0.29) is 5.91 Å². The topological polar surface area (TPSA) is 88.4 Å². The molecule has 0 unspecified atom stereocenters. The fourth-order valence-corrected chi connectivity index (χ4v) is 8.09. The van der Waals surface area contributed by atoms with Crippen molar-refractivity contribution in [3.05, 3.63) is 60.0 Å². The van der Waals surface area contributed by atoms with E-state index >= 15 is 0 Å². The third-order valence-electron chi connectivity index (χ3n) is 10.9. The number of nitrogens with one attached hydrogen (secondary N) is 1. The number of hydrogen-bond donors (Lipinski definition) is 1. The van der Waals surface area contributed by atoms with Crippen LogP contribution in [-0.4, -0.2) is 76.5 Å². The molecule has 0 bridgehead atoms. The molecule has 0 aliphatic carbocycles. The Morgan fingerprint density at radius 2 is 1.80 bits per heavy atom. The zero-order valence-corrected chi connectivity index (χ0v) is 26.3. The van der Waals surface area contributed by atoms with Gasteiger partial charge in [0.25, 0.3) is 0 Å². The van der Waals surface area contributed by atoms with Crippen molar-refractivity contribution in [2.24, 2.45) is 5.41 Å². The number of aromatic nitrogens is 4. The Balaban J connectivity index is 1.08. The maximum absolute atomic E-state index is 12.4. The van der Waals surface area contributed by atoms with Crippen molar-refractivity contribution < 1.29 is 9.53 Å². The molecule has 9 nitrogen and oxygen atoms in total. The molecular weight excluding hydrogens is 562 g/mol. The van der Waals surface area contributed by atoms with Crippen molar-refractivity contribution in [2.75, 3.05) is 50.8 Å². The quantitative estimate of drug-likeness (QED) is 0.334. The molecule has 1 aromatic carbocycles. The van der Waals surface area contributed by atoms with Crippen LogP contribution in [0.2, 0.25) is 0 Å². The predicted molar refractivity (Wildman–Crippen MR) is 176 cm³/mol. The van der Waals surface area contributed by atoms with Gasteiger partial charge in [0.05, 0.1) is 17.4 Å². The molecule has 1 spiro atoms. The third-order valence-corrected chi connectivity index (χ3v) is 10.9. The van der Waals surface area contributed by atoms with Crippen LogP contribution in [0.25, 0.3) is 33.3 Å². The van der Waals surface area contributed by atoms with Gasteiger partial charge in [-0.25, -0.2) is 4.98 Å². The van der Waals surface area contributed by atoms with Crippen LogP contribution in [0, 0.1) is 5.41 Å². The molecule has 4 aromatic rings. The number of benzene rings is 1. The van der Waals surface area contributed by atoms with Gasteiger partial charge in [0.15, 0.2) is 0 Å². The molecule has 45 heavy (non-hydrogen) atoms. The van der Waals surface area contributed by atoms with E-state index in [4.69, 9.17) is 19.8 Å². The van der Waals surface area contributed by atoms with Crippen LogP contribution in [0.5, 0.6) is 0 Å². The first-order valence-corrected chi connectivity index (χ1v) is 16.8. The molecule has 4 aliphatic rings. The lowest BCUT2D eigenvalue weighted by atomic mass is 9.71. The smallest absolute Gasteiger partial charge is 0.219 e. The summed E-state index contributed by atoms with van der Waals surface area (Å²) < 4.78 is 7.92. The molecule has 234 valence electrons. The van der Waals surface area contributed by atoms with Gasteiger partial charge in [0.1, 0.15) is 5.82 Å². The fraction of sp³-hybridized carbons (Fsp3) is 0.500. The number of piperidine rings is 2. The molecule has 3 aromatic heterocycles. The molecule has 1 N–H and O–H groups in total. The van der Waals surface area contributed by atoms with Crippen molar-refractivity contribution in [1.29, 1.82) is 0 Å². The summed E-state index contributed by atoms with van der Waals surface area (Å²) in [4.78, 5) is 26.6. The first kappa shape index (κ1) is 28.6. The number of amides is 1. The summed E-state index contributed by atoms with van der Waals surface area (Å²) in [7, 11) is 0. The molecule has 0 saturated carbocycles. The summed E-state index contributed by atoms with van der Waals surface area (Å²) in [5.41, 5.74) is 6.96. The average molecular weight is 606 g/mol. The molecule has 3 fully saturated rings. The number of fused-ring (bicyclic) bond motifs is 2. The zero-order chi connectivity index (χ0) is 30.4. The minimum atomic E-state index is 0.111. The normalized spacial score (nSPS) is 20.5. The van der Waals surface area contributed by atoms with Gasteiger partial charge < -0.3 is 19.9 Å². The van der Waals surface area contributed by atoms with Crippen molar-refractivity contribution in [3.8, 4) is 22.5 Å². The number of carbonyl (C=O) groups is 1. The van der Waals surface area contributed by atoms with Gasteiger partial charge in [-0.3, -0.25) is 14.5 Å². The Morgan fingerprint density at radius 1 is 0.978 bits per heavy atom. The Morgan fingerprint density at radius 3 is 2.56 bits per heavy atom. The maximum Gasteiger partial charge on any atom is 0.219 e. The average Bonchev–Trinajstić information content (AvgIpc) is 3.48. The summed E-state index contributed by atoms with van der Waals surface area (Å²) >= 11 is 0. The predicted octanol–water partition coefficient (Wildman–Crippen LogP) is 5.39. The van der Waals surface area contributed by atoms with E-state index < -0.39 is 0 Å². The van der Waals surface area contributed by atoms with Crippen LogP contribution in [0.15, 0.2) is 48.8 Å². The number of carbonyl (C=O) groups excluding carboxylic acids is 1. The molecule has 4 aliphatic heterocycles. The van der Waals surface area contributed by atoms with Crippen LogP contribution in [-0.2, 0) is 22.5 Å². The lowest BCUT2D eigenvalue weighted by Crippen LogP contribution is -2.45. The number of ether oxygens (including phenoxy) is 1. The molecule has 9 heteroatoms. The van der Waals surface area contributed by atoms with E-state index in [1.807, 2.05) is 17.3 Å². The van der Waals surface area contributed by atoms with E-state index in [2.05, 4.69) is 51.3 Å². The monoisotopic (exact) mass is 605 g/mol. The standard InChI is InChI=1S/C36H43N7O2/c1-25(44)42-16-7-33-31(24-42)35(40-43(33)28-8-19-45-20-9-28)29-4-2-3-26-21-32(38-23-30(26)29)27-5-6-34(39-22-27)41-17-12-36(13-18-41)10-14-37-15-11-36/h2-6,21-23,28,37H,7-20,24H2,1H3. The number of hydrogen-bond acceptors (Lipinski definition) is 7. The van der Waals surface area contributed by atoms with Crippen molar-refractivity contribution in [3.63, 3.8) is 0 Å². The second-order valence-electron chi connectivity index (χ2n) is 13.5. The Labute approximate surface area is 265 Å². The highest BCUT2D eigenvalue weighted by Gasteiger charge is 2.36. The van der Waals surface area contributed by atoms with Crippen LogP contribution in [0.3, 0.4) is 0 Å². The Kier molecular flexibility index (Phi) is 7.53. The van der Waals surface area contributed by atoms with E-state index in [1.54, 1.807) is 6.92 Å². The number of pyridine rings is 2. The van der Waals surface area contributed by atoms with Crippen LogP contribution >= 0.6 is 0 Å². The van der Waals surface area contributed by atoms with E-state index in [0.29, 0.717) is 18.0 Å². The second-order valence-corrected chi connectivity index (χ2v) is 13.5. The lowest BCUT2D eigenvalue weighted by molar-refractivity contribution is -0.129. The Hall–Kier alpha value is -3.82. The van der Waals surface area contributed by atoms with Gasteiger partial charge in [-0.2, -0.15) is 5.10 Å². The van der Waals surface area contributed by atoms with E-state index in [9.17, 15) is 4.79 Å². The number of rotatable bonds is 4. The van der Waals surface area contributed by atoms with Crippen LogP contribution in [0.4, 0.5) is 5.82 Å². The van der Waals surface area contributed by atoms with Crippen molar-refractivity contribution >= 4 is 22.5 Å². The van der Waals surface area contributed by atoms with Gasteiger partial charge in [-0.05, 0) is 80.6 Å². The van der Waals surface area contributed by atoms with Gasteiger partial charge in [-0.15, -0.1) is 0 Å². The van der Waals surface area contributed by atoms with E-state index in [0.717, 1.165) is 104 Å². The van der Waals surface area contributed by atoms with Gasteiger partial charge >= 0.3 is 0 Å². The number of nitrogens with zero attached hydrogens (tertiary/aromatic N) is 6. The van der Waals surface area contributed by atoms with Crippen molar-refractivity contribution in [2.45, 2.75) is 64.5 Å². The van der Waals surface area contributed by atoms with E-state index in [1.165, 1.54) is 36.9 Å². The zero-order valence-electron chi connectivity index (χ0n) is 26.3. The highest BCUT2D eigenvalue weighted by Crippen LogP contribution is 2.41. The lowest BCUT2D eigenvalue weighted by Gasteiger charge is -2.44. The summed E-state index contributed by atoms with van der Waals surface area (Å²) in [6, 6.07) is 13.2. The summed E-state index contributed by atoms with van der Waals surface area (Å²) in [5.74, 6) is 1.18. The fourth-order valence-electron chi connectivity index (χ4n) is 8.09. The number of anilines is 1. The van der Waals surface area contributed by atoms with Crippen molar-refractivity contribution in [1.82, 2.24) is 30.0 Å². The SMILES string of the molecule is CC(=O)N1CCc2c(c(-c3cccc4cc(-c5ccc(N6CCC7(CCNCC7)CC6)nc5)ncc34)nn2C2CCOCC2)C1. The first-order chi connectivity index (χ1) is 22.1. The highest BCUT2D eigenvalue weighted by atomic mass is 16.5. The molecule has 0 radical (unpaired) electrons. The molecule has 3 saturated heterocycles. The summed E-state index contributed by atoms with van der Waals surface area (Å²) in [5, 5.41) is 11.0. The third kappa shape index (κ3) is 5.40. The summed E-state index contributed by atoms with van der Waals surface area (Å²) in [6.07, 6.45) is 11.9. The maximum atomic E-state index is 12.4. The summed E-state index contributed by atoms with van der Waals surface area (Å²) in [6.45, 7) is 9.01. The Bertz CT molecular complexity index is 1690. The molecular formula is C36H43N7O2. The van der Waals surface area contributed by atoms with Gasteiger partial charge in [0.2, 0.25) is 5.91 Å². The highest BCUT2D eigenvalue weighted by molar-refractivity contribution is 5.97. The molecule has 0 atom stereocenters.